The van der Waals surface area contributed by atoms with E-state index in [9.17, 15) is 4.79 Å². The summed E-state index contributed by atoms with van der Waals surface area (Å²) >= 11 is 14.0. The largest absolute Gasteiger partial charge is 0.463 e. The number of ether oxygens (including phenoxy) is 2. The number of pyridine rings is 1. The van der Waals surface area contributed by atoms with Crippen LogP contribution >= 0.6 is 35.0 Å². The van der Waals surface area contributed by atoms with Gasteiger partial charge in [0.05, 0.1) is 24.5 Å². The van der Waals surface area contributed by atoms with E-state index in [1.807, 2.05) is 30.3 Å². The molecule has 0 aliphatic carbocycles. The summed E-state index contributed by atoms with van der Waals surface area (Å²) in [6, 6.07) is 11.3. The van der Waals surface area contributed by atoms with Gasteiger partial charge in [-0.3, -0.25) is 9.78 Å². The predicted octanol–water partition coefficient (Wildman–Crippen LogP) is 5.99. The average Bonchev–Trinajstić information content (AvgIpc) is 3.05. The average molecular weight is 494 g/mol. The molecule has 6 nitrogen and oxygen atoms in total. The fraction of sp³-hybridized carbons (Fsp3) is 0.348. The highest BCUT2D eigenvalue weighted by molar-refractivity contribution is 7.99. The van der Waals surface area contributed by atoms with Gasteiger partial charge in [-0.05, 0) is 36.2 Å². The fourth-order valence-corrected chi connectivity index (χ4v) is 4.94. The standard InChI is InChI=1S/C23H25Cl2N3O3S/c1-15(2)22-23(32-20-11-17(24)10-18(25)12-20)28(13-19-6-4-5-7-26-19)21(27-22)14-30-8-9-31-16(3)29/h4-7,10-12,15H,8-9,13-14H2,1-3H3. The van der Waals surface area contributed by atoms with E-state index >= 15 is 0 Å². The van der Waals surface area contributed by atoms with Gasteiger partial charge in [0.1, 0.15) is 24.1 Å². The number of benzene rings is 1. The Kier molecular flexibility index (Phi) is 8.99. The molecule has 0 fully saturated rings. The summed E-state index contributed by atoms with van der Waals surface area (Å²) in [6.07, 6.45) is 1.77. The van der Waals surface area contributed by atoms with Gasteiger partial charge in [0.25, 0.3) is 0 Å². The lowest BCUT2D eigenvalue weighted by molar-refractivity contribution is -0.142. The van der Waals surface area contributed by atoms with Crippen molar-refractivity contribution in [2.75, 3.05) is 13.2 Å². The molecule has 0 aliphatic rings. The van der Waals surface area contributed by atoms with Crippen LogP contribution in [0.2, 0.25) is 10.0 Å². The lowest BCUT2D eigenvalue weighted by Crippen LogP contribution is -2.12. The molecule has 0 atom stereocenters. The van der Waals surface area contributed by atoms with Crippen molar-refractivity contribution >= 4 is 40.9 Å². The zero-order chi connectivity index (χ0) is 23.1. The molecule has 0 saturated carbocycles. The monoisotopic (exact) mass is 493 g/mol. The van der Waals surface area contributed by atoms with Crippen molar-refractivity contribution in [1.82, 2.24) is 14.5 Å². The van der Waals surface area contributed by atoms with E-state index in [2.05, 4.69) is 23.4 Å². The number of aromatic nitrogens is 3. The highest BCUT2D eigenvalue weighted by Crippen LogP contribution is 2.37. The lowest BCUT2D eigenvalue weighted by atomic mass is 10.1. The van der Waals surface area contributed by atoms with E-state index in [1.165, 1.54) is 6.92 Å². The first-order valence-corrected chi connectivity index (χ1v) is 11.7. The second-order valence-corrected chi connectivity index (χ2v) is 9.32. The van der Waals surface area contributed by atoms with Crippen LogP contribution in [0.15, 0.2) is 52.5 Å². The molecule has 0 aliphatic heterocycles. The maximum absolute atomic E-state index is 11.0. The molecule has 0 spiro atoms. The first kappa shape index (κ1) is 24.6. The molecule has 0 bridgehead atoms. The minimum Gasteiger partial charge on any atom is -0.463 e. The molecule has 0 saturated heterocycles. The fourth-order valence-electron chi connectivity index (χ4n) is 3.02. The Morgan fingerprint density at radius 2 is 1.91 bits per heavy atom. The number of rotatable bonds is 10. The van der Waals surface area contributed by atoms with Crippen LogP contribution < -0.4 is 0 Å². The molecular weight excluding hydrogens is 469 g/mol. The Morgan fingerprint density at radius 3 is 2.53 bits per heavy atom. The Bertz CT molecular complexity index is 1040. The summed E-state index contributed by atoms with van der Waals surface area (Å²) in [5.41, 5.74) is 1.87. The smallest absolute Gasteiger partial charge is 0.302 e. The molecule has 9 heteroatoms. The van der Waals surface area contributed by atoms with Crippen molar-refractivity contribution in [3.63, 3.8) is 0 Å². The van der Waals surface area contributed by atoms with Crippen molar-refractivity contribution < 1.29 is 14.3 Å². The van der Waals surface area contributed by atoms with Gasteiger partial charge in [0, 0.05) is 28.1 Å². The maximum Gasteiger partial charge on any atom is 0.302 e. The van der Waals surface area contributed by atoms with Gasteiger partial charge >= 0.3 is 5.97 Å². The van der Waals surface area contributed by atoms with Crippen molar-refractivity contribution in [1.29, 1.82) is 0 Å². The Morgan fingerprint density at radius 1 is 1.16 bits per heavy atom. The number of carbonyl (C=O) groups is 1. The number of nitrogens with zero attached hydrogens (tertiary/aromatic N) is 3. The third kappa shape index (κ3) is 6.97. The molecule has 3 rings (SSSR count). The van der Waals surface area contributed by atoms with Crippen LogP contribution in [0.5, 0.6) is 0 Å². The summed E-state index contributed by atoms with van der Waals surface area (Å²) in [4.78, 5) is 21.3. The Hall–Kier alpha value is -2.06. The normalized spacial score (nSPS) is 11.2. The molecule has 0 unspecified atom stereocenters. The van der Waals surface area contributed by atoms with Gasteiger partial charge in [-0.15, -0.1) is 0 Å². The van der Waals surface area contributed by atoms with Crippen molar-refractivity contribution in [2.24, 2.45) is 0 Å². The number of hydrogen-bond donors (Lipinski definition) is 0. The van der Waals surface area contributed by atoms with Gasteiger partial charge in [-0.2, -0.15) is 0 Å². The van der Waals surface area contributed by atoms with E-state index < -0.39 is 0 Å². The highest BCUT2D eigenvalue weighted by atomic mass is 35.5. The number of halogens is 2. The summed E-state index contributed by atoms with van der Waals surface area (Å²) in [5, 5.41) is 2.15. The zero-order valence-electron chi connectivity index (χ0n) is 18.2. The van der Waals surface area contributed by atoms with Crippen LogP contribution in [0.3, 0.4) is 0 Å². The number of esters is 1. The van der Waals surface area contributed by atoms with Gasteiger partial charge in [-0.1, -0.05) is 54.9 Å². The van der Waals surface area contributed by atoms with Crippen molar-refractivity contribution in [3.05, 3.63) is 69.9 Å². The molecule has 2 aromatic heterocycles. The Balaban J connectivity index is 1.94. The van der Waals surface area contributed by atoms with Crippen LogP contribution in [-0.4, -0.2) is 33.7 Å². The second kappa shape index (κ2) is 11.7. The minimum atomic E-state index is -0.328. The summed E-state index contributed by atoms with van der Waals surface area (Å²) in [5.74, 6) is 0.640. The molecule has 0 radical (unpaired) electrons. The number of hydrogen-bond acceptors (Lipinski definition) is 6. The van der Waals surface area contributed by atoms with Gasteiger partial charge in [-0.25, -0.2) is 4.98 Å². The van der Waals surface area contributed by atoms with Crippen LogP contribution in [-0.2, 0) is 27.4 Å². The Labute approximate surface area is 202 Å². The molecule has 0 amide bonds. The van der Waals surface area contributed by atoms with Crippen molar-refractivity contribution in [3.8, 4) is 0 Å². The quantitative estimate of drug-likeness (QED) is 0.255. The summed E-state index contributed by atoms with van der Waals surface area (Å²) in [6.45, 7) is 6.90. The number of carbonyl (C=O) groups excluding carboxylic acids is 1. The minimum absolute atomic E-state index is 0.192. The number of imidazole rings is 1. The second-order valence-electron chi connectivity index (χ2n) is 7.38. The highest BCUT2D eigenvalue weighted by Gasteiger charge is 2.21. The molecule has 170 valence electrons. The molecule has 0 N–H and O–H groups in total. The van der Waals surface area contributed by atoms with Crippen molar-refractivity contribution in [2.45, 2.75) is 49.8 Å². The third-order valence-corrected chi connectivity index (χ3v) is 5.96. The first-order chi connectivity index (χ1) is 15.3. The van der Waals surface area contributed by atoms with Crippen LogP contribution in [0.4, 0.5) is 0 Å². The molecule has 2 heterocycles. The molecule has 3 aromatic rings. The third-order valence-electron chi connectivity index (χ3n) is 4.43. The topological polar surface area (TPSA) is 66.2 Å². The van der Waals surface area contributed by atoms with Crippen LogP contribution in [0.1, 0.15) is 43.9 Å². The van der Waals surface area contributed by atoms with E-state index in [-0.39, 0.29) is 25.1 Å². The van der Waals surface area contributed by atoms with E-state index in [0.717, 1.165) is 27.1 Å². The predicted molar refractivity (Wildman–Crippen MR) is 127 cm³/mol. The van der Waals surface area contributed by atoms with E-state index in [0.29, 0.717) is 23.2 Å². The summed E-state index contributed by atoms with van der Waals surface area (Å²) < 4.78 is 12.8. The zero-order valence-corrected chi connectivity index (χ0v) is 20.5. The van der Waals surface area contributed by atoms with Gasteiger partial charge in [0.15, 0.2) is 0 Å². The maximum atomic E-state index is 11.0. The van der Waals surface area contributed by atoms with Crippen LogP contribution in [0, 0.1) is 0 Å². The lowest BCUT2D eigenvalue weighted by Gasteiger charge is -2.14. The first-order valence-electron chi connectivity index (χ1n) is 10.2. The van der Waals surface area contributed by atoms with Gasteiger partial charge < -0.3 is 14.0 Å². The van der Waals surface area contributed by atoms with E-state index in [4.69, 9.17) is 37.7 Å². The molecule has 32 heavy (non-hydrogen) atoms. The SMILES string of the molecule is CC(=O)OCCOCc1nc(C(C)C)c(Sc2cc(Cl)cc(Cl)c2)n1Cc1ccccn1. The van der Waals surface area contributed by atoms with Gasteiger partial charge in [0.2, 0.25) is 0 Å². The van der Waals surface area contributed by atoms with E-state index in [1.54, 1.807) is 24.0 Å². The summed E-state index contributed by atoms with van der Waals surface area (Å²) in [7, 11) is 0. The molecular formula is C23H25Cl2N3O3S. The van der Waals surface area contributed by atoms with Crippen LogP contribution in [0.25, 0.3) is 0 Å². The molecule has 1 aromatic carbocycles.